The highest BCUT2D eigenvalue weighted by molar-refractivity contribution is 6.02. The molecule has 1 spiro atoms. The molecule has 1 aliphatic carbocycles. The molecule has 21 heavy (non-hydrogen) atoms. The number of piperidine rings is 1. The van der Waals surface area contributed by atoms with Gasteiger partial charge in [0.05, 0.1) is 0 Å². The van der Waals surface area contributed by atoms with Crippen LogP contribution in [0.3, 0.4) is 0 Å². The van der Waals surface area contributed by atoms with Crippen molar-refractivity contribution in [1.82, 2.24) is 4.90 Å². The Hall–Kier alpha value is -1.43. The van der Waals surface area contributed by atoms with Crippen molar-refractivity contribution in [2.45, 2.75) is 57.4 Å². The Morgan fingerprint density at radius 1 is 1.29 bits per heavy atom. The quantitative estimate of drug-likeness (QED) is 0.594. The van der Waals surface area contributed by atoms with E-state index >= 15 is 0 Å². The monoisotopic (exact) mass is 297 g/mol. The summed E-state index contributed by atoms with van der Waals surface area (Å²) in [5.74, 6) is -1.76. The average Bonchev–Trinajstić information content (AvgIpc) is 2.83. The molecule has 2 fully saturated rings. The van der Waals surface area contributed by atoms with Crippen LogP contribution in [0, 0.1) is 5.41 Å². The van der Waals surface area contributed by atoms with Gasteiger partial charge < -0.3 is 9.84 Å². The van der Waals surface area contributed by atoms with E-state index in [2.05, 4.69) is 0 Å². The Bertz CT molecular complexity index is 408. The van der Waals surface area contributed by atoms with Gasteiger partial charge in [-0.25, -0.2) is 4.79 Å². The van der Waals surface area contributed by atoms with Crippen LogP contribution in [0.25, 0.3) is 0 Å². The van der Waals surface area contributed by atoms with Crippen molar-refractivity contribution >= 4 is 17.8 Å². The second-order valence-corrected chi connectivity index (χ2v) is 6.21. The number of likely N-dealkylation sites (tertiary alicyclic amines) is 1. The summed E-state index contributed by atoms with van der Waals surface area (Å²) in [6.45, 7) is 0.421. The lowest BCUT2D eigenvalue weighted by atomic mass is 9.76. The van der Waals surface area contributed by atoms with Crippen LogP contribution in [0.1, 0.15) is 51.4 Å². The third kappa shape index (κ3) is 3.43. The van der Waals surface area contributed by atoms with E-state index in [9.17, 15) is 19.5 Å². The van der Waals surface area contributed by atoms with E-state index in [1.54, 1.807) is 0 Å². The number of nitrogens with zero attached hydrogens (tertiary/aromatic N) is 1. The topological polar surface area (TPSA) is 83.9 Å². The molecular weight excluding hydrogens is 274 g/mol. The highest BCUT2D eigenvalue weighted by Crippen LogP contribution is 2.47. The van der Waals surface area contributed by atoms with Crippen molar-refractivity contribution in [3.63, 3.8) is 0 Å². The van der Waals surface area contributed by atoms with Crippen LogP contribution < -0.4 is 0 Å². The molecule has 2 rings (SSSR count). The molecule has 0 bridgehead atoms. The summed E-state index contributed by atoms with van der Waals surface area (Å²) in [5.41, 5.74) is -0.194. The van der Waals surface area contributed by atoms with Crippen molar-refractivity contribution < 1.29 is 24.2 Å². The van der Waals surface area contributed by atoms with Gasteiger partial charge >= 0.3 is 5.97 Å². The van der Waals surface area contributed by atoms with Crippen molar-refractivity contribution in [2.24, 2.45) is 5.41 Å². The van der Waals surface area contributed by atoms with Crippen LogP contribution in [0.2, 0.25) is 0 Å². The molecule has 0 aromatic carbocycles. The zero-order valence-corrected chi connectivity index (χ0v) is 12.5. The number of aliphatic carboxylic acids is 1. The van der Waals surface area contributed by atoms with E-state index in [1.165, 1.54) is 7.11 Å². The van der Waals surface area contributed by atoms with Gasteiger partial charge in [-0.1, -0.05) is 12.8 Å². The van der Waals surface area contributed by atoms with Gasteiger partial charge in [-0.2, -0.15) is 0 Å². The molecule has 0 radical (unpaired) electrons. The molecule has 1 aliphatic heterocycles. The molecule has 118 valence electrons. The molecule has 1 heterocycles. The lowest BCUT2D eigenvalue weighted by molar-refractivity contribution is -0.164. The van der Waals surface area contributed by atoms with Gasteiger partial charge in [0.25, 0.3) is 0 Å². The first-order valence-electron chi connectivity index (χ1n) is 7.56. The minimum atomic E-state index is -1.12. The zero-order valence-electron chi connectivity index (χ0n) is 12.5. The van der Waals surface area contributed by atoms with E-state index in [-0.39, 0.29) is 23.7 Å². The highest BCUT2D eigenvalue weighted by Gasteiger charge is 2.48. The number of carboxylic acid groups (broad SMARTS) is 1. The van der Waals surface area contributed by atoms with Crippen LogP contribution in [0.4, 0.5) is 0 Å². The lowest BCUT2D eigenvalue weighted by Crippen LogP contribution is -2.54. The number of methoxy groups -OCH3 is 1. The predicted octanol–water partition coefficient (Wildman–Crippen LogP) is 1.58. The molecule has 0 aromatic rings. The molecule has 1 saturated carbocycles. The molecule has 1 saturated heterocycles. The number of rotatable bonds is 6. The van der Waals surface area contributed by atoms with Crippen LogP contribution in [0.5, 0.6) is 0 Å². The summed E-state index contributed by atoms with van der Waals surface area (Å²) in [6, 6.07) is -1.06. The van der Waals surface area contributed by atoms with Crippen molar-refractivity contribution in [1.29, 1.82) is 0 Å². The van der Waals surface area contributed by atoms with Crippen molar-refractivity contribution in [2.75, 3.05) is 13.7 Å². The number of carbonyl (C=O) groups is 3. The Kier molecular flexibility index (Phi) is 4.98. The molecule has 0 aromatic heterocycles. The first-order valence-corrected chi connectivity index (χ1v) is 7.56. The van der Waals surface area contributed by atoms with Gasteiger partial charge in [0.2, 0.25) is 11.8 Å². The normalized spacial score (nSPS) is 22.8. The van der Waals surface area contributed by atoms with E-state index in [4.69, 9.17) is 4.74 Å². The molecule has 2 aliphatic rings. The third-order valence-corrected chi connectivity index (χ3v) is 4.68. The zero-order chi connectivity index (χ0) is 15.5. The maximum atomic E-state index is 12.4. The maximum Gasteiger partial charge on any atom is 0.326 e. The molecule has 1 N–H and O–H groups in total. The Morgan fingerprint density at radius 2 is 1.86 bits per heavy atom. The summed E-state index contributed by atoms with van der Waals surface area (Å²) in [6.07, 6.45) is 5.29. The lowest BCUT2D eigenvalue weighted by Gasteiger charge is -2.39. The standard InChI is InChI=1S/C15H23NO5/c1-21-8-4-5-11(14(19)20)16-12(17)9-15(10-13(16)18)6-2-3-7-15/h11H,2-10H2,1H3,(H,19,20). The molecular formula is C15H23NO5. The summed E-state index contributed by atoms with van der Waals surface area (Å²) in [7, 11) is 1.54. The Balaban J connectivity index is 2.08. The highest BCUT2D eigenvalue weighted by atomic mass is 16.5. The number of hydrogen-bond acceptors (Lipinski definition) is 4. The number of imide groups is 1. The fourth-order valence-electron chi connectivity index (χ4n) is 3.62. The maximum absolute atomic E-state index is 12.4. The summed E-state index contributed by atoms with van der Waals surface area (Å²) in [5, 5.41) is 9.33. The molecule has 1 atom stereocenters. The summed E-state index contributed by atoms with van der Waals surface area (Å²) >= 11 is 0. The Labute approximate surface area is 124 Å². The van der Waals surface area contributed by atoms with Gasteiger partial charge in [-0.15, -0.1) is 0 Å². The molecule has 2 amide bonds. The Morgan fingerprint density at radius 3 is 2.33 bits per heavy atom. The molecule has 1 unspecified atom stereocenters. The number of amides is 2. The second kappa shape index (κ2) is 6.56. The van der Waals surface area contributed by atoms with Crippen LogP contribution in [0.15, 0.2) is 0 Å². The van der Waals surface area contributed by atoms with Crippen LogP contribution in [-0.4, -0.2) is 47.5 Å². The average molecular weight is 297 g/mol. The third-order valence-electron chi connectivity index (χ3n) is 4.68. The van der Waals surface area contributed by atoms with E-state index in [0.717, 1.165) is 30.6 Å². The molecule has 6 heteroatoms. The van der Waals surface area contributed by atoms with Gasteiger partial charge in [0.15, 0.2) is 0 Å². The predicted molar refractivity (Wildman–Crippen MR) is 74.5 cm³/mol. The van der Waals surface area contributed by atoms with E-state index in [1.807, 2.05) is 0 Å². The number of carbonyl (C=O) groups excluding carboxylic acids is 2. The van der Waals surface area contributed by atoms with Crippen LogP contribution >= 0.6 is 0 Å². The SMILES string of the molecule is COCCCC(C(=O)O)N1C(=O)CC2(CCCC2)CC1=O. The molecule has 6 nitrogen and oxygen atoms in total. The largest absolute Gasteiger partial charge is 0.480 e. The summed E-state index contributed by atoms with van der Waals surface area (Å²) < 4.78 is 4.91. The fourth-order valence-corrected chi connectivity index (χ4v) is 3.62. The van der Waals surface area contributed by atoms with Crippen molar-refractivity contribution in [3.05, 3.63) is 0 Å². The van der Waals surface area contributed by atoms with E-state index in [0.29, 0.717) is 25.9 Å². The second-order valence-electron chi connectivity index (χ2n) is 6.21. The van der Waals surface area contributed by atoms with Gasteiger partial charge in [0.1, 0.15) is 6.04 Å². The first-order chi connectivity index (χ1) is 9.99. The van der Waals surface area contributed by atoms with Gasteiger partial charge in [-0.05, 0) is 31.1 Å². The fraction of sp³-hybridized carbons (Fsp3) is 0.800. The number of hydrogen-bond donors (Lipinski definition) is 1. The minimum absolute atomic E-state index is 0.194. The first kappa shape index (κ1) is 15.9. The van der Waals surface area contributed by atoms with Crippen molar-refractivity contribution in [3.8, 4) is 0 Å². The van der Waals surface area contributed by atoms with Gasteiger partial charge in [0, 0.05) is 26.6 Å². The van der Waals surface area contributed by atoms with E-state index < -0.39 is 12.0 Å². The number of carboxylic acids is 1. The minimum Gasteiger partial charge on any atom is -0.480 e. The van der Waals surface area contributed by atoms with Crippen LogP contribution in [-0.2, 0) is 19.1 Å². The summed E-state index contributed by atoms with van der Waals surface area (Å²) in [4.78, 5) is 37.1. The smallest absolute Gasteiger partial charge is 0.326 e. The number of ether oxygens (including phenoxy) is 1. The van der Waals surface area contributed by atoms with Gasteiger partial charge in [-0.3, -0.25) is 14.5 Å².